The predicted octanol–water partition coefficient (Wildman–Crippen LogP) is 3.69. The Morgan fingerprint density at radius 2 is 1.71 bits per heavy atom. The Kier molecular flexibility index (Phi) is 5.58. The molecule has 2 rings (SSSR count). The molecule has 0 amide bonds. The lowest BCUT2D eigenvalue weighted by Crippen LogP contribution is -2.00. The predicted molar refractivity (Wildman–Crippen MR) is 90.8 cm³/mol. The van der Waals surface area contributed by atoms with E-state index in [9.17, 15) is 10.1 Å². The molecule has 0 N–H and O–H groups in total. The third-order valence-electron chi connectivity index (χ3n) is 3.27. The Morgan fingerprint density at radius 1 is 1.04 bits per heavy atom. The minimum atomic E-state index is -0.385. The molecule has 0 atom stereocenters. The van der Waals surface area contributed by atoms with Crippen molar-refractivity contribution in [3.8, 4) is 23.3 Å². The standard InChI is InChI=1S/C19H17NO4/c1-13(21)24-17-7-5-15(6-8-17)16(12-20)10-14-4-9-18(22-2)19(11-14)23-3/h4-11H,1-3H3/b16-10+. The monoisotopic (exact) mass is 323 g/mol. The maximum atomic E-state index is 10.9. The molecule has 0 heterocycles. The van der Waals surface area contributed by atoms with E-state index >= 15 is 0 Å². The van der Waals surface area contributed by atoms with Gasteiger partial charge in [0.1, 0.15) is 5.75 Å². The first-order valence-corrected chi connectivity index (χ1v) is 7.20. The van der Waals surface area contributed by atoms with Gasteiger partial charge in [-0.25, -0.2) is 0 Å². The van der Waals surface area contributed by atoms with Crippen molar-refractivity contribution in [3.63, 3.8) is 0 Å². The minimum Gasteiger partial charge on any atom is -0.493 e. The number of ether oxygens (including phenoxy) is 3. The smallest absolute Gasteiger partial charge is 0.308 e. The first-order chi connectivity index (χ1) is 11.6. The summed E-state index contributed by atoms with van der Waals surface area (Å²) in [6.07, 6.45) is 1.75. The van der Waals surface area contributed by atoms with Crippen LogP contribution in [0.5, 0.6) is 17.2 Å². The van der Waals surface area contributed by atoms with Crippen LogP contribution in [-0.4, -0.2) is 20.2 Å². The zero-order chi connectivity index (χ0) is 17.5. The summed E-state index contributed by atoms with van der Waals surface area (Å²) in [5.41, 5.74) is 2.02. The number of allylic oxidation sites excluding steroid dienone is 1. The van der Waals surface area contributed by atoms with E-state index in [0.29, 0.717) is 22.8 Å². The maximum Gasteiger partial charge on any atom is 0.308 e. The molecule has 0 spiro atoms. The number of carbonyl (C=O) groups is 1. The molecule has 0 aliphatic carbocycles. The van der Waals surface area contributed by atoms with E-state index in [4.69, 9.17) is 14.2 Å². The summed E-state index contributed by atoms with van der Waals surface area (Å²) >= 11 is 0. The number of hydrogen-bond acceptors (Lipinski definition) is 5. The van der Waals surface area contributed by atoms with Crippen LogP contribution < -0.4 is 14.2 Å². The van der Waals surface area contributed by atoms with Gasteiger partial charge in [-0.3, -0.25) is 4.79 Å². The molecule has 0 bridgehead atoms. The summed E-state index contributed by atoms with van der Waals surface area (Å²) < 4.78 is 15.4. The van der Waals surface area contributed by atoms with Crippen molar-refractivity contribution in [2.24, 2.45) is 0 Å². The van der Waals surface area contributed by atoms with E-state index in [2.05, 4.69) is 6.07 Å². The number of nitrogens with zero attached hydrogens (tertiary/aromatic N) is 1. The number of hydrogen-bond donors (Lipinski definition) is 0. The zero-order valence-corrected chi connectivity index (χ0v) is 13.7. The second-order valence-corrected chi connectivity index (χ2v) is 4.90. The molecular formula is C19H17NO4. The van der Waals surface area contributed by atoms with Gasteiger partial charge in [0.2, 0.25) is 0 Å². The summed E-state index contributed by atoms with van der Waals surface area (Å²) in [5.74, 6) is 1.27. The topological polar surface area (TPSA) is 68.5 Å². The van der Waals surface area contributed by atoms with Crippen LogP contribution in [0.25, 0.3) is 11.6 Å². The first kappa shape index (κ1) is 17.1. The van der Waals surface area contributed by atoms with Gasteiger partial charge in [-0.05, 0) is 53.6 Å². The fourth-order valence-corrected chi connectivity index (χ4v) is 2.16. The average molecular weight is 323 g/mol. The highest BCUT2D eigenvalue weighted by Crippen LogP contribution is 2.29. The highest BCUT2D eigenvalue weighted by Gasteiger charge is 2.06. The van der Waals surface area contributed by atoms with E-state index in [-0.39, 0.29) is 5.97 Å². The van der Waals surface area contributed by atoms with E-state index in [0.717, 1.165) is 11.1 Å². The quantitative estimate of drug-likeness (QED) is 0.363. The normalized spacial score (nSPS) is 10.7. The van der Waals surface area contributed by atoms with E-state index in [1.807, 2.05) is 6.07 Å². The van der Waals surface area contributed by atoms with Crippen molar-refractivity contribution in [2.45, 2.75) is 6.92 Å². The van der Waals surface area contributed by atoms with E-state index in [1.165, 1.54) is 6.92 Å². The van der Waals surface area contributed by atoms with Crippen LogP contribution in [-0.2, 0) is 4.79 Å². The van der Waals surface area contributed by atoms with Crippen molar-refractivity contribution >= 4 is 17.6 Å². The van der Waals surface area contributed by atoms with Gasteiger partial charge in [0.15, 0.2) is 11.5 Å². The van der Waals surface area contributed by atoms with E-state index in [1.54, 1.807) is 56.7 Å². The van der Waals surface area contributed by atoms with Crippen LogP contribution in [0.3, 0.4) is 0 Å². The highest BCUT2D eigenvalue weighted by atomic mass is 16.5. The number of nitriles is 1. The Hall–Kier alpha value is -3.26. The fourth-order valence-electron chi connectivity index (χ4n) is 2.16. The molecule has 24 heavy (non-hydrogen) atoms. The van der Waals surface area contributed by atoms with Crippen molar-refractivity contribution in [3.05, 3.63) is 53.6 Å². The summed E-state index contributed by atoms with van der Waals surface area (Å²) in [6.45, 7) is 1.34. The highest BCUT2D eigenvalue weighted by molar-refractivity contribution is 5.90. The number of esters is 1. The number of methoxy groups -OCH3 is 2. The lowest BCUT2D eigenvalue weighted by molar-refractivity contribution is -0.131. The Morgan fingerprint density at radius 3 is 2.25 bits per heavy atom. The number of benzene rings is 2. The van der Waals surface area contributed by atoms with Gasteiger partial charge >= 0.3 is 5.97 Å². The van der Waals surface area contributed by atoms with Gasteiger partial charge < -0.3 is 14.2 Å². The lowest BCUT2D eigenvalue weighted by atomic mass is 10.0. The van der Waals surface area contributed by atoms with Crippen LogP contribution in [0.1, 0.15) is 18.1 Å². The van der Waals surface area contributed by atoms with Crippen LogP contribution in [0.2, 0.25) is 0 Å². The molecule has 2 aromatic rings. The summed E-state index contributed by atoms with van der Waals surface area (Å²) in [7, 11) is 3.13. The lowest BCUT2D eigenvalue weighted by Gasteiger charge is -2.08. The first-order valence-electron chi connectivity index (χ1n) is 7.20. The van der Waals surface area contributed by atoms with Crippen molar-refractivity contribution in [1.29, 1.82) is 5.26 Å². The third kappa shape index (κ3) is 4.14. The second kappa shape index (κ2) is 7.84. The van der Waals surface area contributed by atoms with Gasteiger partial charge in [0.05, 0.1) is 25.9 Å². The third-order valence-corrected chi connectivity index (χ3v) is 3.27. The SMILES string of the molecule is COc1ccc(/C=C(\C#N)c2ccc(OC(C)=O)cc2)cc1OC. The summed E-state index contributed by atoms with van der Waals surface area (Å²) in [6, 6.07) is 14.3. The number of carbonyl (C=O) groups excluding carboxylic acids is 1. The summed E-state index contributed by atoms with van der Waals surface area (Å²) in [4.78, 5) is 10.9. The van der Waals surface area contributed by atoms with E-state index < -0.39 is 0 Å². The van der Waals surface area contributed by atoms with Gasteiger partial charge in [0.25, 0.3) is 0 Å². The molecule has 5 nitrogen and oxygen atoms in total. The molecule has 5 heteroatoms. The maximum absolute atomic E-state index is 10.9. The molecule has 122 valence electrons. The zero-order valence-electron chi connectivity index (χ0n) is 13.7. The van der Waals surface area contributed by atoms with Crippen molar-refractivity contribution in [2.75, 3.05) is 14.2 Å². The van der Waals surface area contributed by atoms with Crippen molar-refractivity contribution < 1.29 is 19.0 Å². The van der Waals surface area contributed by atoms with Gasteiger partial charge in [-0.1, -0.05) is 6.07 Å². The Bertz CT molecular complexity index is 801. The second-order valence-electron chi connectivity index (χ2n) is 4.90. The molecule has 2 aromatic carbocycles. The minimum absolute atomic E-state index is 0.385. The molecule has 0 aromatic heterocycles. The molecule has 0 unspecified atom stereocenters. The fraction of sp³-hybridized carbons (Fsp3) is 0.158. The van der Waals surface area contributed by atoms with Crippen LogP contribution in [0, 0.1) is 11.3 Å². The molecule has 0 saturated carbocycles. The largest absolute Gasteiger partial charge is 0.493 e. The van der Waals surface area contributed by atoms with Gasteiger partial charge in [0, 0.05) is 6.92 Å². The van der Waals surface area contributed by atoms with Gasteiger partial charge in [-0.15, -0.1) is 0 Å². The van der Waals surface area contributed by atoms with Crippen molar-refractivity contribution in [1.82, 2.24) is 0 Å². The van der Waals surface area contributed by atoms with Crippen LogP contribution in [0.4, 0.5) is 0 Å². The Balaban J connectivity index is 2.32. The molecule has 0 aliphatic rings. The molecule has 0 saturated heterocycles. The Labute approximate surface area is 140 Å². The van der Waals surface area contributed by atoms with Crippen LogP contribution in [0.15, 0.2) is 42.5 Å². The average Bonchev–Trinajstić information content (AvgIpc) is 2.59. The molecule has 0 aliphatic heterocycles. The number of rotatable bonds is 5. The van der Waals surface area contributed by atoms with Gasteiger partial charge in [-0.2, -0.15) is 5.26 Å². The molecular weight excluding hydrogens is 306 g/mol. The summed E-state index contributed by atoms with van der Waals surface area (Å²) in [5, 5.41) is 9.42. The molecule has 0 fully saturated rings. The van der Waals surface area contributed by atoms with Crippen LogP contribution >= 0.6 is 0 Å². The molecule has 0 radical (unpaired) electrons.